The van der Waals surface area contributed by atoms with Crippen LogP contribution in [0.5, 0.6) is 0 Å². The van der Waals surface area contributed by atoms with Gasteiger partial charge in [0, 0.05) is 13.7 Å². The van der Waals surface area contributed by atoms with Crippen molar-refractivity contribution in [2.24, 2.45) is 0 Å². The minimum atomic E-state index is -0.351. The number of rotatable bonds is 3. The van der Waals surface area contributed by atoms with Crippen LogP contribution >= 0.6 is 61.7 Å². The maximum absolute atomic E-state index is 12.5. The van der Waals surface area contributed by atoms with E-state index in [0.717, 1.165) is 13.6 Å². The Bertz CT molecular complexity index is 1230. The fourth-order valence-electron chi connectivity index (χ4n) is 2.66. The number of nitrogens with one attached hydrogen (secondary N) is 1. The largest absolute Gasteiger partial charge is 0.436 e. The maximum Gasteiger partial charge on any atom is 0.257 e. The molecule has 0 radical (unpaired) electrons. The van der Waals surface area contributed by atoms with Crippen LogP contribution in [0.1, 0.15) is 10.4 Å². The Morgan fingerprint density at radius 3 is 2.75 bits per heavy atom. The van der Waals surface area contributed by atoms with Gasteiger partial charge in [-0.2, -0.15) is 0 Å². The van der Waals surface area contributed by atoms with Gasteiger partial charge in [-0.3, -0.25) is 4.79 Å². The summed E-state index contributed by atoms with van der Waals surface area (Å²) in [6, 6.07) is 16.1. The number of halogens is 4. The highest BCUT2D eigenvalue weighted by atomic mass is 127. The second-order valence-electron chi connectivity index (χ2n) is 5.88. The molecule has 1 heterocycles. The molecule has 4 nitrogen and oxygen atoms in total. The lowest BCUT2D eigenvalue weighted by atomic mass is 10.2. The highest BCUT2D eigenvalue weighted by molar-refractivity contribution is 14.1. The zero-order valence-electron chi connectivity index (χ0n) is 14.0. The summed E-state index contributed by atoms with van der Waals surface area (Å²) in [4.78, 5) is 17.1. The molecule has 0 fully saturated rings. The zero-order valence-corrected chi connectivity index (χ0v) is 19.2. The monoisotopic (exact) mass is 586 g/mol. The van der Waals surface area contributed by atoms with Crippen LogP contribution in [0.4, 0.5) is 5.69 Å². The quantitative estimate of drug-likeness (QED) is 0.254. The lowest BCUT2D eigenvalue weighted by Crippen LogP contribution is -2.12. The van der Waals surface area contributed by atoms with E-state index in [9.17, 15) is 4.79 Å². The second kappa shape index (κ2) is 8.02. The van der Waals surface area contributed by atoms with E-state index in [0.29, 0.717) is 33.3 Å². The number of hydrogen-bond acceptors (Lipinski definition) is 3. The van der Waals surface area contributed by atoms with Crippen LogP contribution in [0.15, 0.2) is 63.5 Å². The Labute approximate surface area is 192 Å². The maximum atomic E-state index is 12.5. The van der Waals surface area contributed by atoms with E-state index in [2.05, 4.69) is 48.8 Å². The molecular weight excluding hydrogens is 578 g/mol. The molecule has 0 aliphatic carbocycles. The van der Waals surface area contributed by atoms with E-state index < -0.39 is 0 Å². The van der Waals surface area contributed by atoms with Gasteiger partial charge in [0.05, 0.1) is 21.2 Å². The fourth-order valence-corrected chi connectivity index (χ4v) is 3.95. The third kappa shape index (κ3) is 3.91. The van der Waals surface area contributed by atoms with Gasteiger partial charge < -0.3 is 9.73 Å². The topological polar surface area (TPSA) is 55.1 Å². The summed E-state index contributed by atoms with van der Waals surface area (Å²) in [5, 5.41) is 3.36. The molecule has 0 atom stereocenters. The molecule has 8 heteroatoms. The molecule has 0 saturated heterocycles. The highest BCUT2D eigenvalue weighted by Gasteiger charge is 2.15. The summed E-state index contributed by atoms with van der Waals surface area (Å²) in [6.07, 6.45) is 0. The minimum absolute atomic E-state index is 0.218. The molecule has 1 amide bonds. The van der Waals surface area contributed by atoms with Crippen molar-refractivity contribution in [3.8, 4) is 11.5 Å². The first-order chi connectivity index (χ1) is 13.4. The Balaban J connectivity index is 1.66. The van der Waals surface area contributed by atoms with Gasteiger partial charge in [0.1, 0.15) is 5.52 Å². The molecule has 0 bridgehead atoms. The normalized spacial score (nSPS) is 11.0. The predicted molar refractivity (Wildman–Crippen MR) is 124 cm³/mol. The summed E-state index contributed by atoms with van der Waals surface area (Å²) in [7, 11) is 0. The summed E-state index contributed by atoms with van der Waals surface area (Å²) in [5.41, 5.74) is 3.00. The molecule has 3 aromatic carbocycles. The summed E-state index contributed by atoms with van der Waals surface area (Å²) < 4.78 is 7.84. The number of oxazole rings is 1. The SMILES string of the molecule is O=C(Nc1ccc2oc(-c3cc(I)ccc3Br)nc2c1)c1cccc(Cl)c1Cl. The Kier molecular flexibility index (Phi) is 5.64. The van der Waals surface area contributed by atoms with Crippen LogP contribution in [0.25, 0.3) is 22.6 Å². The molecule has 0 saturated carbocycles. The average molecular weight is 588 g/mol. The molecule has 4 aromatic rings. The van der Waals surface area contributed by atoms with Crippen molar-refractivity contribution in [2.45, 2.75) is 0 Å². The van der Waals surface area contributed by atoms with Gasteiger partial charge in [-0.1, -0.05) is 29.3 Å². The fraction of sp³-hybridized carbons (Fsp3) is 0. The average Bonchev–Trinajstić information content (AvgIpc) is 3.09. The van der Waals surface area contributed by atoms with Gasteiger partial charge in [0.2, 0.25) is 5.89 Å². The van der Waals surface area contributed by atoms with Crippen LogP contribution in [0.2, 0.25) is 10.0 Å². The smallest absolute Gasteiger partial charge is 0.257 e. The van der Waals surface area contributed by atoms with Crippen molar-refractivity contribution in [3.05, 3.63) is 78.2 Å². The van der Waals surface area contributed by atoms with Crippen molar-refractivity contribution in [3.63, 3.8) is 0 Å². The van der Waals surface area contributed by atoms with Crippen molar-refractivity contribution in [2.75, 3.05) is 5.32 Å². The van der Waals surface area contributed by atoms with Gasteiger partial charge in [-0.25, -0.2) is 4.98 Å². The lowest BCUT2D eigenvalue weighted by molar-refractivity contribution is 0.102. The first-order valence-corrected chi connectivity index (χ1v) is 10.7. The molecule has 1 N–H and O–H groups in total. The molecule has 0 unspecified atom stereocenters. The van der Waals surface area contributed by atoms with Crippen LogP contribution in [-0.2, 0) is 0 Å². The van der Waals surface area contributed by atoms with E-state index >= 15 is 0 Å². The van der Waals surface area contributed by atoms with Gasteiger partial charge in [0.25, 0.3) is 5.91 Å². The van der Waals surface area contributed by atoms with Crippen LogP contribution in [0.3, 0.4) is 0 Å². The van der Waals surface area contributed by atoms with Gasteiger partial charge in [0.15, 0.2) is 5.58 Å². The number of aromatic nitrogens is 1. The van der Waals surface area contributed by atoms with Gasteiger partial charge >= 0.3 is 0 Å². The number of hydrogen-bond donors (Lipinski definition) is 1. The molecule has 0 aliphatic rings. The Hall–Kier alpha value is -1.61. The Morgan fingerprint density at radius 1 is 1.11 bits per heavy atom. The molecular formula is C20H10BrCl2IN2O2. The summed E-state index contributed by atoms with van der Waals surface area (Å²) in [5.74, 6) is 0.151. The third-order valence-corrected chi connectivity index (χ3v) is 6.18. The number of nitrogens with zero attached hydrogens (tertiary/aromatic N) is 1. The van der Waals surface area contributed by atoms with Crippen molar-refractivity contribution in [1.29, 1.82) is 0 Å². The number of carbonyl (C=O) groups excluding carboxylic acids is 1. The minimum Gasteiger partial charge on any atom is -0.436 e. The molecule has 1 aromatic heterocycles. The molecule has 28 heavy (non-hydrogen) atoms. The zero-order chi connectivity index (χ0) is 19.8. The van der Waals surface area contributed by atoms with E-state index in [1.165, 1.54) is 0 Å². The molecule has 140 valence electrons. The predicted octanol–water partition coefficient (Wildman–Crippen LogP) is 7.42. The van der Waals surface area contributed by atoms with Crippen LogP contribution in [0, 0.1) is 3.57 Å². The summed E-state index contributed by atoms with van der Waals surface area (Å²) >= 11 is 17.9. The number of amides is 1. The number of fused-ring (bicyclic) bond motifs is 1. The van der Waals surface area contributed by atoms with Gasteiger partial charge in [-0.15, -0.1) is 0 Å². The first kappa shape index (κ1) is 19.7. The van der Waals surface area contributed by atoms with Crippen molar-refractivity contribution < 1.29 is 9.21 Å². The molecule has 0 spiro atoms. The van der Waals surface area contributed by atoms with E-state index in [1.807, 2.05) is 18.2 Å². The van der Waals surface area contributed by atoms with Crippen LogP contribution < -0.4 is 5.32 Å². The van der Waals surface area contributed by atoms with Crippen molar-refractivity contribution in [1.82, 2.24) is 4.98 Å². The van der Waals surface area contributed by atoms with E-state index in [-0.39, 0.29) is 10.9 Å². The summed E-state index contributed by atoms with van der Waals surface area (Å²) in [6.45, 7) is 0. The van der Waals surface area contributed by atoms with E-state index in [1.54, 1.807) is 36.4 Å². The molecule has 0 aliphatic heterocycles. The number of benzene rings is 3. The second-order valence-corrected chi connectivity index (χ2v) is 8.77. The standard InChI is InChI=1S/C20H10BrCl2IN2O2/c21-14-6-4-10(24)8-13(14)20-26-16-9-11(5-7-17(16)28-20)25-19(27)12-2-1-3-15(22)18(12)23/h1-9H,(H,25,27). The molecule has 4 rings (SSSR count). The Morgan fingerprint density at radius 2 is 1.93 bits per heavy atom. The lowest BCUT2D eigenvalue weighted by Gasteiger charge is -2.07. The number of anilines is 1. The van der Waals surface area contributed by atoms with E-state index in [4.69, 9.17) is 27.6 Å². The first-order valence-electron chi connectivity index (χ1n) is 8.04. The third-order valence-electron chi connectivity index (χ3n) is 4.00. The van der Waals surface area contributed by atoms with Crippen LogP contribution in [-0.4, -0.2) is 10.9 Å². The van der Waals surface area contributed by atoms with Crippen molar-refractivity contribution >= 4 is 84.4 Å². The number of carbonyl (C=O) groups is 1. The van der Waals surface area contributed by atoms with Gasteiger partial charge in [-0.05, 0) is 87.1 Å². The highest BCUT2D eigenvalue weighted by Crippen LogP contribution is 2.32.